The average Bonchev–Trinajstić information content (AvgIpc) is 3.05. The zero-order chi connectivity index (χ0) is 17.3. The van der Waals surface area contributed by atoms with E-state index in [0.29, 0.717) is 5.56 Å². The lowest BCUT2D eigenvalue weighted by atomic mass is 10.0. The number of carbonyl (C=O) groups is 1. The largest absolute Gasteiger partial charge is 0.336 e. The molecule has 1 saturated heterocycles. The molecule has 1 aromatic rings. The van der Waals surface area contributed by atoms with Crippen molar-refractivity contribution in [3.8, 4) is 0 Å². The molecular weight excluding hydrogens is 304 g/mol. The van der Waals surface area contributed by atoms with Gasteiger partial charge in [0.05, 0.1) is 11.4 Å². The van der Waals surface area contributed by atoms with Gasteiger partial charge in [-0.2, -0.15) is 0 Å². The molecule has 0 aliphatic carbocycles. The van der Waals surface area contributed by atoms with Gasteiger partial charge in [-0.15, -0.1) is 0 Å². The van der Waals surface area contributed by atoms with Crippen molar-refractivity contribution in [1.29, 1.82) is 0 Å². The minimum Gasteiger partial charge on any atom is -0.336 e. The standard InChI is InChI=1S/C18H24N4O2/c1-13(2)22(24)12-14-4-5-16(15-6-7-19-17(14)15)18(23)21-10-8-20(3)9-11-21/h4-7,12-13,24H,8-11H2,1-3H3/b14-12-. The Labute approximate surface area is 142 Å². The second kappa shape index (κ2) is 6.75. The lowest BCUT2D eigenvalue weighted by molar-refractivity contribution is -0.0478. The molecule has 1 fully saturated rings. The Morgan fingerprint density at radius 1 is 1.29 bits per heavy atom. The highest BCUT2D eigenvalue weighted by Gasteiger charge is 2.23. The van der Waals surface area contributed by atoms with Crippen molar-refractivity contribution in [3.63, 3.8) is 0 Å². The Kier molecular flexibility index (Phi) is 4.69. The average molecular weight is 328 g/mol. The van der Waals surface area contributed by atoms with Gasteiger partial charge in [0, 0.05) is 54.9 Å². The maximum absolute atomic E-state index is 12.9. The molecule has 128 valence electrons. The van der Waals surface area contributed by atoms with Gasteiger partial charge in [0.15, 0.2) is 0 Å². The van der Waals surface area contributed by atoms with E-state index in [2.05, 4.69) is 16.9 Å². The summed E-state index contributed by atoms with van der Waals surface area (Å²) in [5.41, 5.74) is 1.52. The van der Waals surface area contributed by atoms with E-state index >= 15 is 0 Å². The first-order valence-electron chi connectivity index (χ1n) is 8.31. The molecule has 0 saturated carbocycles. The van der Waals surface area contributed by atoms with Gasteiger partial charge < -0.3 is 9.80 Å². The number of piperazine rings is 1. The fourth-order valence-electron chi connectivity index (χ4n) is 2.89. The van der Waals surface area contributed by atoms with Gasteiger partial charge in [-0.25, -0.2) is 0 Å². The van der Waals surface area contributed by atoms with Gasteiger partial charge in [-0.05, 0) is 33.0 Å². The second-order valence-corrected chi connectivity index (χ2v) is 6.61. The molecular formula is C18H24N4O2. The van der Waals surface area contributed by atoms with E-state index in [-0.39, 0.29) is 11.9 Å². The highest BCUT2D eigenvalue weighted by Crippen LogP contribution is 2.13. The Hall–Kier alpha value is -2.18. The monoisotopic (exact) mass is 328 g/mol. The summed E-state index contributed by atoms with van der Waals surface area (Å²) in [6, 6.07) is 3.66. The Balaban J connectivity index is 1.95. The number of rotatable bonds is 3. The van der Waals surface area contributed by atoms with E-state index < -0.39 is 0 Å². The van der Waals surface area contributed by atoms with E-state index in [9.17, 15) is 10.0 Å². The number of benzene rings is 1. The van der Waals surface area contributed by atoms with Gasteiger partial charge in [0.1, 0.15) is 0 Å². The van der Waals surface area contributed by atoms with Crippen LogP contribution in [0.4, 0.5) is 0 Å². The number of hydrogen-bond acceptors (Lipinski definition) is 5. The Morgan fingerprint density at radius 2 is 2.00 bits per heavy atom. The van der Waals surface area contributed by atoms with Crippen molar-refractivity contribution in [2.24, 2.45) is 4.99 Å². The molecule has 0 bridgehead atoms. The molecule has 24 heavy (non-hydrogen) atoms. The molecule has 0 atom stereocenters. The lowest BCUT2D eigenvalue weighted by Gasteiger charge is -2.32. The number of carbonyl (C=O) groups excluding carboxylic acids is 1. The molecule has 0 unspecified atom stereocenters. The summed E-state index contributed by atoms with van der Waals surface area (Å²) in [5.74, 6) is 0.0531. The van der Waals surface area contributed by atoms with E-state index in [1.54, 1.807) is 12.4 Å². The van der Waals surface area contributed by atoms with Crippen LogP contribution in [0.1, 0.15) is 29.8 Å². The molecule has 2 heterocycles. The first kappa shape index (κ1) is 16.7. The first-order valence-corrected chi connectivity index (χ1v) is 8.31. The van der Waals surface area contributed by atoms with Crippen LogP contribution in [0, 0.1) is 0 Å². The lowest BCUT2D eigenvalue weighted by Crippen LogP contribution is -2.47. The third kappa shape index (κ3) is 3.20. The van der Waals surface area contributed by atoms with Crippen LogP contribution in [-0.4, -0.2) is 65.2 Å². The fourth-order valence-corrected chi connectivity index (χ4v) is 2.89. The molecule has 2 aliphatic heterocycles. The quantitative estimate of drug-likeness (QED) is 0.822. The summed E-state index contributed by atoms with van der Waals surface area (Å²) in [5, 5.41) is 12.7. The van der Waals surface area contributed by atoms with Crippen LogP contribution in [-0.2, 0) is 0 Å². The van der Waals surface area contributed by atoms with E-state index in [1.165, 1.54) is 0 Å². The molecule has 3 rings (SSSR count). The summed E-state index contributed by atoms with van der Waals surface area (Å²) < 4.78 is 0. The number of likely N-dealkylation sites (N-methyl/N-ethyl adjacent to an activating group) is 1. The molecule has 6 nitrogen and oxygen atoms in total. The van der Waals surface area contributed by atoms with Crippen LogP contribution in [0.15, 0.2) is 23.3 Å². The van der Waals surface area contributed by atoms with Crippen molar-refractivity contribution in [3.05, 3.63) is 40.0 Å². The maximum Gasteiger partial charge on any atom is 0.254 e. The minimum absolute atomic E-state index is 0.0262. The molecule has 1 N–H and O–H groups in total. The van der Waals surface area contributed by atoms with Gasteiger partial charge in [0.2, 0.25) is 0 Å². The van der Waals surface area contributed by atoms with Crippen LogP contribution >= 0.6 is 0 Å². The number of nitrogens with zero attached hydrogens (tertiary/aromatic N) is 4. The summed E-state index contributed by atoms with van der Waals surface area (Å²) in [6.45, 7) is 7.09. The predicted octanol–water partition coefficient (Wildman–Crippen LogP) is 0.516. The van der Waals surface area contributed by atoms with E-state index in [1.807, 2.05) is 37.0 Å². The van der Waals surface area contributed by atoms with Crippen LogP contribution in [0.3, 0.4) is 0 Å². The van der Waals surface area contributed by atoms with Crippen molar-refractivity contribution in [2.75, 3.05) is 33.2 Å². The molecule has 1 aromatic carbocycles. The third-order valence-corrected chi connectivity index (χ3v) is 4.51. The summed E-state index contributed by atoms with van der Waals surface area (Å²) >= 11 is 0. The van der Waals surface area contributed by atoms with Gasteiger partial charge in [-0.1, -0.05) is 6.07 Å². The zero-order valence-corrected chi connectivity index (χ0v) is 14.4. The summed E-state index contributed by atoms with van der Waals surface area (Å²) in [4.78, 5) is 21.4. The molecule has 0 spiro atoms. The summed E-state index contributed by atoms with van der Waals surface area (Å²) in [6.07, 6.45) is 5.23. The van der Waals surface area contributed by atoms with Crippen molar-refractivity contribution < 1.29 is 10.0 Å². The highest BCUT2D eigenvalue weighted by molar-refractivity contribution is 5.98. The smallest absolute Gasteiger partial charge is 0.254 e. The van der Waals surface area contributed by atoms with Crippen LogP contribution in [0.5, 0.6) is 0 Å². The van der Waals surface area contributed by atoms with Gasteiger partial charge >= 0.3 is 0 Å². The van der Waals surface area contributed by atoms with E-state index in [4.69, 9.17) is 0 Å². The topological polar surface area (TPSA) is 59.4 Å². The van der Waals surface area contributed by atoms with Gasteiger partial charge in [-0.3, -0.25) is 20.1 Å². The Bertz CT molecular complexity index is 777. The molecule has 6 heteroatoms. The number of hydroxylamine groups is 2. The second-order valence-electron chi connectivity index (χ2n) is 6.61. The maximum atomic E-state index is 12.9. The highest BCUT2D eigenvalue weighted by atomic mass is 16.5. The van der Waals surface area contributed by atoms with Crippen LogP contribution in [0.2, 0.25) is 0 Å². The zero-order valence-electron chi connectivity index (χ0n) is 14.4. The number of hydrogen-bond donors (Lipinski definition) is 1. The number of amides is 1. The Morgan fingerprint density at radius 3 is 2.67 bits per heavy atom. The third-order valence-electron chi connectivity index (χ3n) is 4.51. The first-order chi connectivity index (χ1) is 11.5. The molecule has 0 aromatic heterocycles. The van der Waals surface area contributed by atoms with Crippen molar-refractivity contribution in [1.82, 2.24) is 14.9 Å². The molecule has 1 amide bonds. The van der Waals surface area contributed by atoms with Crippen molar-refractivity contribution >= 4 is 18.2 Å². The summed E-state index contributed by atoms with van der Waals surface area (Å²) in [7, 11) is 2.07. The van der Waals surface area contributed by atoms with Crippen LogP contribution < -0.4 is 10.6 Å². The van der Waals surface area contributed by atoms with Crippen LogP contribution in [0.25, 0.3) is 12.3 Å². The SMILES string of the molecule is CC(C)N(O)/C=c1/ccc(C(=O)N2CCN(C)CC2)c2c1=NC=C2. The van der Waals surface area contributed by atoms with Crippen molar-refractivity contribution in [2.45, 2.75) is 19.9 Å². The van der Waals surface area contributed by atoms with E-state index in [0.717, 1.165) is 47.4 Å². The normalized spacial score (nSPS) is 18.0. The predicted molar refractivity (Wildman–Crippen MR) is 92.9 cm³/mol. The van der Waals surface area contributed by atoms with Gasteiger partial charge in [0.25, 0.3) is 5.91 Å². The molecule has 0 radical (unpaired) electrons. The fraction of sp³-hybridized carbons (Fsp3) is 0.444. The molecule has 2 aliphatic rings. The number of fused-ring (bicyclic) bond motifs is 1. The minimum atomic E-state index is -0.0262.